The molecule has 0 aliphatic carbocycles. The van der Waals surface area contributed by atoms with E-state index in [4.69, 9.17) is 9.97 Å². The first-order valence-electron chi connectivity index (χ1n) is 19.3. The van der Waals surface area contributed by atoms with Gasteiger partial charge in [0, 0.05) is 49.7 Å². The Hall–Kier alpha value is -7.76. The molecule has 0 N–H and O–H groups in total. The minimum atomic E-state index is 0.969. The first-order chi connectivity index (χ1) is 28.3. The van der Waals surface area contributed by atoms with Crippen molar-refractivity contribution in [3.63, 3.8) is 0 Å². The van der Waals surface area contributed by atoms with Gasteiger partial charge >= 0.3 is 0 Å². The quantitative estimate of drug-likeness (QED) is 0.177. The zero-order valence-electron chi connectivity index (χ0n) is 30.8. The summed E-state index contributed by atoms with van der Waals surface area (Å²) in [5.41, 5.74) is 16.2. The first-order valence-corrected chi connectivity index (χ1v) is 19.3. The number of hydrogen-bond acceptors (Lipinski definition) is 2. The lowest BCUT2D eigenvalue weighted by Crippen LogP contribution is -1.96. The van der Waals surface area contributed by atoms with Gasteiger partial charge in [-0.05, 0) is 84.9 Å². The highest BCUT2D eigenvalue weighted by Crippen LogP contribution is 2.39. The van der Waals surface area contributed by atoms with Gasteiger partial charge in [0.1, 0.15) is 0 Å². The molecule has 5 nitrogen and oxygen atoms in total. The number of benzene rings is 7. The van der Waals surface area contributed by atoms with Crippen LogP contribution < -0.4 is 0 Å². The molecule has 57 heavy (non-hydrogen) atoms. The van der Waals surface area contributed by atoms with E-state index in [9.17, 15) is 0 Å². The molecule has 0 atom stereocenters. The second-order valence-electron chi connectivity index (χ2n) is 14.6. The Bertz CT molecular complexity index is 3290. The molecular formula is C52H33N5. The summed E-state index contributed by atoms with van der Waals surface area (Å²) in [4.78, 5) is 10.5. The van der Waals surface area contributed by atoms with E-state index in [1.165, 1.54) is 10.8 Å². The van der Waals surface area contributed by atoms with Crippen LogP contribution in [0.1, 0.15) is 0 Å². The summed E-state index contributed by atoms with van der Waals surface area (Å²) >= 11 is 0. The Morgan fingerprint density at radius 2 is 0.632 bits per heavy atom. The van der Waals surface area contributed by atoms with Gasteiger partial charge in [-0.3, -0.25) is 0 Å². The molecule has 0 unspecified atom stereocenters. The zero-order chi connectivity index (χ0) is 37.5. The van der Waals surface area contributed by atoms with Crippen LogP contribution in [-0.4, -0.2) is 23.7 Å². The molecule has 0 amide bonds. The molecular weight excluding hydrogens is 695 g/mol. The van der Waals surface area contributed by atoms with Gasteiger partial charge in [-0.25, -0.2) is 9.97 Å². The van der Waals surface area contributed by atoms with Crippen LogP contribution >= 0.6 is 0 Å². The third-order valence-corrected chi connectivity index (χ3v) is 11.4. The standard InChI is InChI=1S/C52H33N5/c1-4-14-34(15-5-1)43-26-30-49-51(53-43)39-20-10-12-22-45(39)56(49)37-24-28-47-41(32-37)42-33-38(25-29-48(42)55(47)36-18-8-3-9-19-36)57-46-23-13-11-21-40(46)52-50(57)31-27-44(54-52)35-16-6-2-7-17-35/h1-33H. The van der Waals surface area contributed by atoms with Gasteiger partial charge in [0.05, 0.1) is 55.5 Å². The molecule has 0 aliphatic heterocycles. The van der Waals surface area contributed by atoms with Crippen molar-refractivity contribution in [2.45, 2.75) is 0 Å². The lowest BCUT2D eigenvalue weighted by molar-refractivity contribution is 1.16. The Kier molecular flexibility index (Phi) is 6.86. The first kappa shape index (κ1) is 31.6. The van der Waals surface area contributed by atoms with Crippen LogP contribution in [0.5, 0.6) is 0 Å². The van der Waals surface area contributed by atoms with Gasteiger partial charge in [-0.1, -0.05) is 115 Å². The third-order valence-electron chi connectivity index (χ3n) is 11.4. The molecule has 0 bridgehead atoms. The van der Waals surface area contributed by atoms with Crippen molar-refractivity contribution >= 4 is 65.7 Å². The smallest absolute Gasteiger partial charge is 0.0970 e. The molecule has 0 spiro atoms. The van der Waals surface area contributed by atoms with Crippen molar-refractivity contribution < 1.29 is 0 Å². The van der Waals surface area contributed by atoms with Gasteiger partial charge in [0.2, 0.25) is 0 Å². The number of rotatable bonds is 5. The van der Waals surface area contributed by atoms with E-state index >= 15 is 0 Å². The highest BCUT2D eigenvalue weighted by atomic mass is 15.0. The second-order valence-corrected chi connectivity index (χ2v) is 14.6. The summed E-state index contributed by atoms with van der Waals surface area (Å²) in [6, 6.07) is 71.2. The van der Waals surface area contributed by atoms with Crippen molar-refractivity contribution in [1.29, 1.82) is 0 Å². The average molecular weight is 728 g/mol. The Balaban J connectivity index is 1.11. The van der Waals surface area contributed by atoms with Crippen molar-refractivity contribution in [3.05, 3.63) is 200 Å². The van der Waals surface area contributed by atoms with E-state index in [1.807, 2.05) is 12.1 Å². The van der Waals surface area contributed by atoms with Gasteiger partial charge in [0.25, 0.3) is 0 Å². The molecule has 5 aromatic heterocycles. The largest absolute Gasteiger partial charge is 0.309 e. The predicted octanol–water partition coefficient (Wildman–Crippen LogP) is 13.1. The number of aromatic nitrogens is 5. The van der Waals surface area contributed by atoms with Crippen molar-refractivity contribution in [2.24, 2.45) is 0 Å². The van der Waals surface area contributed by atoms with Crippen molar-refractivity contribution in [2.75, 3.05) is 0 Å². The second kappa shape index (κ2) is 12.4. The SMILES string of the molecule is c1ccc(-c2ccc3c(n2)c2ccccc2n3-c2ccc3c(c2)c2cc(-n4c5ccccc5c5nc(-c6ccccc6)ccc54)ccc2n3-c2ccccc2)cc1. The normalized spacial score (nSPS) is 11.9. The molecule has 0 fully saturated rings. The predicted molar refractivity (Wildman–Crippen MR) is 236 cm³/mol. The molecule has 12 aromatic rings. The molecule has 0 aliphatic rings. The van der Waals surface area contributed by atoms with Crippen molar-refractivity contribution in [3.8, 4) is 39.6 Å². The fraction of sp³-hybridized carbons (Fsp3) is 0. The number of para-hydroxylation sites is 3. The average Bonchev–Trinajstić information content (AvgIpc) is 3.92. The maximum absolute atomic E-state index is 5.26. The van der Waals surface area contributed by atoms with E-state index < -0.39 is 0 Å². The van der Waals surface area contributed by atoms with Crippen LogP contribution in [0.3, 0.4) is 0 Å². The zero-order valence-corrected chi connectivity index (χ0v) is 30.8. The van der Waals surface area contributed by atoms with Gasteiger partial charge < -0.3 is 13.7 Å². The summed E-state index contributed by atoms with van der Waals surface area (Å²) in [5.74, 6) is 0. The summed E-state index contributed by atoms with van der Waals surface area (Å²) in [6.45, 7) is 0. The number of fused-ring (bicyclic) bond motifs is 9. The van der Waals surface area contributed by atoms with Crippen LogP contribution in [0.4, 0.5) is 0 Å². The number of hydrogen-bond donors (Lipinski definition) is 0. The molecule has 5 heteroatoms. The summed E-state index contributed by atoms with van der Waals surface area (Å²) in [6.07, 6.45) is 0. The minimum Gasteiger partial charge on any atom is -0.309 e. The molecule has 7 aromatic carbocycles. The molecule has 0 saturated heterocycles. The fourth-order valence-corrected chi connectivity index (χ4v) is 8.89. The van der Waals surface area contributed by atoms with Crippen molar-refractivity contribution in [1.82, 2.24) is 23.7 Å². The Morgan fingerprint density at radius 3 is 1.11 bits per heavy atom. The van der Waals surface area contributed by atoms with Crippen LogP contribution in [0.25, 0.3) is 105 Å². The van der Waals surface area contributed by atoms with Crippen LogP contribution in [0.2, 0.25) is 0 Å². The van der Waals surface area contributed by atoms with Gasteiger partial charge in [-0.2, -0.15) is 0 Å². The highest BCUT2D eigenvalue weighted by Gasteiger charge is 2.20. The van der Waals surface area contributed by atoms with Gasteiger partial charge in [0.15, 0.2) is 0 Å². The molecule has 12 rings (SSSR count). The van der Waals surface area contributed by atoms with Crippen LogP contribution in [-0.2, 0) is 0 Å². The Morgan fingerprint density at radius 1 is 0.263 bits per heavy atom. The highest BCUT2D eigenvalue weighted by molar-refractivity contribution is 6.13. The summed E-state index contributed by atoms with van der Waals surface area (Å²) in [7, 11) is 0. The van der Waals surface area contributed by atoms with E-state index in [0.717, 1.165) is 94.5 Å². The van der Waals surface area contributed by atoms with E-state index in [1.54, 1.807) is 0 Å². The van der Waals surface area contributed by atoms with Crippen LogP contribution in [0, 0.1) is 0 Å². The molecule has 0 radical (unpaired) electrons. The third kappa shape index (κ3) is 4.82. The van der Waals surface area contributed by atoms with E-state index in [-0.39, 0.29) is 0 Å². The number of nitrogens with zero attached hydrogens (tertiary/aromatic N) is 5. The molecule has 0 saturated carbocycles. The number of pyridine rings is 2. The topological polar surface area (TPSA) is 40.6 Å². The monoisotopic (exact) mass is 727 g/mol. The lowest BCUT2D eigenvalue weighted by atomic mass is 10.1. The Labute approximate surface area is 328 Å². The molecule has 266 valence electrons. The van der Waals surface area contributed by atoms with E-state index in [2.05, 4.69) is 202 Å². The van der Waals surface area contributed by atoms with Gasteiger partial charge in [-0.15, -0.1) is 0 Å². The molecule has 5 heterocycles. The summed E-state index contributed by atoms with van der Waals surface area (Å²) in [5, 5.41) is 4.63. The summed E-state index contributed by atoms with van der Waals surface area (Å²) < 4.78 is 7.12. The maximum Gasteiger partial charge on any atom is 0.0970 e. The lowest BCUT2D eigenvalue weighted by Gasteiger charge is -2.10. The fourth-order valence-electron chi connectivity index (χ4n) is 8.89. The van der Waals surface area contributed by atoms with E-state index in [0.29, 0.717) is 0 Å². The maximum atomic E-state index is 5.26. The van der Waals surface area contributed by atoms with Crippen LogP contribution in [0.15, 0.2) is 200 Å². The minimum absolute atomic E-state index is 0.969.